The van der Waals surface area contributed by atoms with Crippen LogP contribution in [0.25, 0.3) is 11.4 Å². The van der Waals surface area contributed by atoms with Gasteiger partial charge in [-0.2, -0.15) is 8.78 Å². The second-order valence-electron chi connectivity index (χ2n) is 7.31. The molecule has 2 aromatic carbocycles. The van der Waals surface area contributed by atoms with Crippen molar-refractivity contribution in [3.05, 3.63) is 59.7 Å². The monoisotopic (exact) mass is 404 g/mol. The SMILES string of the molecule is CC(C)(C)c1ccc(CSc2nnc(-c3ccc(OC(F)F)cc3)n2N)cc1. The van der Waals surface area contributed by atoms with Crippen LogP contribution in [0, 0.1) is 0 Å². The van der Waals surface area contributed by atoms with Crippen LogP contribution in [-0.4, -0.2) is 21.5 Å². The van der Waals surface area contributed by atoms with E-state index in [0.29, 0.717) is 22.3 Å². The van der Waals surface area contributed by atoms with Gasteiger partial charge in [0.05, 0.1) is 0 Å². The van der Waals surface area contributed by atoms with Crippen LogP contribution in [0.2, 0.25) is 0 Å². The molecule has 0 atom stereocenters. The average molecular weight is 404 g/mol. The van der Waals surface area contributed by atoms with Gasteiger partial charge in [0.2, 0.25) is 5.16 Å². The summed E-state index contributed by atoms with van der Waals surface area (Å²) in [4.78, 5) is 0. The van der Waals surface area contributed by atoms with Crippen molar-refractivity contribution in [2.45, 2.75) is 43.7 Å². The molecule has 28 heavy (non-hydrogen) atoms. The molecule has 8 heteroatoms. The average Bonchev–Trinajstić information content (AvgIpc) is 3.00. The predicted molar refractivity (Wildman–Crippen MR) is 107 cm³/mol. The van der Waals surface area contributed by atoms with E-state index in [0.717, 1.165) is 5.56 Å². The van der Waals surface area contributed by atoms with Crippen molar-refractivity contribution in [3.8, 4) is 17.1 Å². The number of rotatable bonds is 6. The van der Waals surface area contributed by atoms with Gasteiger partial charge in [-0.1, -0.05) is 56.8 Å². The number of nitrogen functional groups attached to an aromatic ring is 1. The lowest BCUT2D eigenvalue weighted by Gasteiger charge is -2.19. The molecule has 0 aliphatic carbocycles. The summed E-state index contributed by atoms with van der Waals surface area (Å²) in [6.45, 7) is 3.69. The molecule has 0 fully saturated rings. The molecule has 0 spiro atoms. The third-order valence-electron chi connectivity index (χ3n) is 4.19. The largest absolute Gasteiger partial charge is 0.435 e. The highest BCUT2D eigenvalue weighted by molar-refractivity contribution is 7.98. The highest BCUT2D eigenvalue weighted by Gasteiger charge is 2.15. The quantitative estimate of drug-likeness (QED) is 0.470. The van der Waals surface area contributed by atoms with Crippen molar-refractivity contribution in [2.75, 3.05) is 5.84 Å². The third kappa shape index (κ3) is 4.81. The maximum atomic E-state index is 12.2. The maximum absolute atomic E-state index is 12.2. The van der Waals surface area contributed by atoms with Crippen LogP contribution in [0.1, 0.15) is 31.9 Å². The molecule has 0 aliphatic heterocycles. The number of nitrogens with two attached hydrogens (primary N) is 1. The first-order chi connectivity index (χ1) is 13.2. The first kappa shape index (κ1) is 20.1. The molecule has 0 radical (unpaired) electrons. The molecular weight excluding hydrogens is 382 g/mol. The third-order valence-corrected chi connectivity index (χ3v) is 5.20. The zero-order valence-corrected chi connectivity index (χ0v) is 16.7. The van der Waals surface area contributed by atoms with Crippen molar-refractivity contribution in [3.63, 3.8) is 0 Å². The first-order valence-corrected chi connectivity index (χ1v) is 9.70. The van der Waals surface area contributed by atoms with Crippen molar-refractivity contribution < 1.29 is 13.5 Å². The molecule has 0 amide bonds. The fourth-order valence-electron chi connectivity index (χ4n) is 2.61. The molecule has 1 heterocycles. The van der Waals surface area contributed by atoms with Crippen LogP contribution in [0.15, 0.2) is 53.7 Å². The standard InChI is InChI=1S/C20H22F2N4OS/c1-20(2,3)15-8-4-13(5-9-15)12-28-19-25-24-17(26(19)23)14-6-10-16(11-7-14)27-18(21)22/h4-11,18H,12,23H2,1-3H3. The Kier molecular flexibility index (Phi) is 5.88. The van der Waals surface area contributed by atoms with Gasteiger partial charge in [-0.25, -0.2) is 4.68 Å². The maximum Gasteiger partial charge on any atom is 0.387 e. The van der Waals surface area contributed by atoms with Crippen molar-refractivity contribution in [1.29, 1.82) is 0 Å². The van der Waals surface area contributed by atoms with Gasteiger partial charge in [-0.15, -0.1) is 10.2 Å². The molecule has 148 valence electrons. The zero-order chi connectivity index (χ0) is 20.3. The Morgan fingerprint density at radius 3 is 2.25 bits per heavy atom. The van der Waals surface area contributed by atoms with Crippen molar-refractivity contribution in [2.24, 2.45) is 0 Å². The fraction of sp³-hybridized carbons (Fsp3) is 0.300. The smallest absolute Gasteiger partial charge is 0.387 e. The zero-order valence-electron chi connectivity index (χ0n) is 15.9. The van der Waals surface area contributed by atoms with E-state index in [-0.39, 0.29) is 11.2 Å². The Bertz CT molecular complexity index is 919. The minimum atomic E-state index is -2.86. The number of benzene rings is 2. The van der Waals surface area contributed by atoms with Gasteiger partial charge < -0.3 is 10.6 Å². The molecule has 5 nitrogen and oxygen atoms in total. The van der Waals surface area contributed by atoms with Gasteiger partial charge in [0.1, 0.15) is 5.75 Å². The summed E-state index contributed by atoms with van der Waals surface area (Å²) in [5.41, 5.74) is 3.23. The summed E-state index contributed by atoms with van der Waals surface area (Å²) >= 11 is 1.48. The fourth-order valence-corrected chi connectivity index (χ4v) is 3.42. The molecule has 0 aliphatic rings. The minimum Gasteiger partial charge on any atom is -0.435 e. The van der Waals surface area contributed by atoms with Gasteiger partial charge in [0.15, 0.2) is 5.82 Å². The Labute approximate surface area is 166 Å². The Balaban J connectivity index is 1.68. The van der Waals surface area contributed by atoms with E-state index < -0.39 is 6.61 Å². The number of halogens is 2. The molecule has 0 saturated carbocycles. The van der Waals surface area contributed by atoms with E-state index in [9.17, 15) is 8.78 Å². The van der Waals surface area contributed by atoms with E-state index in [1.807, 2.05) is 0 Å². The van der Waals surface area contributed by atoms with Gasteiger partial charge in [0, 0.05) is 11.3 Å². The minimum absolute atomic E-state index is 0.0788. The normalized spacial score (nSPS) is 11.8. The summed E-state index contributed by atoms with van der Waals surface area (Å²) in [5, 5.41) is 8.82. The topological polar surface area (TPSA) is 66.0 Å². The van der Waals surface area contributed by atoms with Gasteiger partial charge >= 0.3 is 6.61 Å². The van der Waals surface area contributed by atoms with Crippen LogP contribution in [-0.2, 0) is 11.2 Å². The van der Waals surface area contributed by atoms with E-state index in [1.54, 1.807) is 12.1 Å². The Hall–Kier alpha value is -2.61. The molecule has 0 unspecified atom stereocenters. The summed E-state index contributed by atoms with van der Waals surface area (Å²) in [6, 6.07) is 14.6. The van der Waals surface area contributed by atoms with Crippen LogP contribution in [0.3, 0.4) is 0 Å². The van der Waals surface area contributed by atoms with Gasteiger partial charge in [-0.05, 0) is 40.8 Å². The van der Waals surface area contributed by atoms with Crippen LogP contribution >= 0.6 is 11.8 Å². The highest BCUT2D eigenvalue weighted by Crippen LogP contribution is 2.27. The highest BCUT2D eigenvalue weighted by atomic mass is 32.2. The van der Waals surface area contributed by atoms with Crippen LogP contribution in [0.4, 0.5) is 8.78 Å². The number of hydrogen-bond donors (Lipinski definition) is 1. The summed E-state index contributed by atoms with van der Waals surface area (Å²) in [5.74, 6) is 7.36. The van der Waals surface area contributed by atoms with E-state index >= 15 is 0 Å². The van der Waals surface area contributed by atoms with Crippen LogP contribution in [0.5, 0.6) is 5.75 Å². The molecule has 3 rings (SSSR count). The Morgan fingerprint density at radius 2 is 1.68 bits per heavy atom. The van der Waals surface area contributed by atoms with E-state index in [1.165, 1.54) is 34.1 Å². The summed E-state index contributed by atoms with van der Waals surface area (Å²) < 4.78 is 30.2. The van der Waals surface area contributed by atoms with Crippen molar-refractivity contribution in [1.82, 2.24) is 14.9 Å². The van der Waals surface area contributed by atoms with Gasteiger partial charge in [-0.3, -0.25) is 0 Å². The molecule has 2 N–H and O–H groups in total. The molecule has 1 aromatic heterocycles. The molecular formula is C20H22F2N4OS. The number of hydrogen-bond acceptors (Lipinski definition) is 5. The van der Waals surface area contributed by atoms with Gasteiger partial charge in [0.25, 0.3) is 0 Å². The molecule has 0 bridgehead atoms. The predicted octanol–water partition coefficient (Wildman–Crippen LogP) is 4.85. The lowest BCUT2D eigenvalue weighted by Crippen LogP contribution is -2.12. The summed E-state index contributed by atoms with van der Waals surface area (Å²) in [6.07, 6.45) is 0. The number of nitrogens with zero attached hydrogens (tertiary/aromatic N) is 3. The number of thioether (sulfide) groups is 1. The molecule has 0 saturated heterocycles. The Morgan fingerprint density at radius 1 is 1.04 bits per heavy atom. The number of ether oxygens (including phenoxy) is 1. The molecule has 3 aromatic rings. The summed E-state index contributed by atoms with van der Waals surface area (Å²) in [7, 11) is 0. The first-order valence-electron chi connectivity index (χ1n) is 8.72. The number of alkyl halides is 2. The number of aromatic nitrogens is 3. The van der Waals surface area contributed by atoms with Crippen LogP contribution < -0.4 is 10.6 Å². The van der Waals surface area contributed by atoms with E-state index in [4.69, 9.17) is 5.84 Å². The van der Waals surface area contributed by atoms with E-state index in [2.05, 4.69) is 60.0 Å². The second kappa shape index (κ2) is 8.18. The van der Waals surface area contributed by atoms with Crippen molar-refractivity contribution >= 4 is 11.8 Å². The second-order valence-corrected chi connectivity index (χ2v) is 8.26. The lowest BCUT2D eigenvalue weighted by molar-refractivity contribution is -0.0498. The lowest BCUT2D eigenvalue weighted by atomic mass is 9.87.